The number of allylic oxidation sites excluding steroid dienone is 2. The Balaban J connectivity index is 2.04. The van der Waals surface area contributed by atoms with Gasteiger partial charge in [-0.05, 0) is 72.9 Å². The number of aliphatic hydroxyl groups excluding tert-OH is 1. The van der Waals surface area contributed by atoms with Crippen LogP contribution in [0.4, 0.5) is 0 Å². The van der Waals surface area contributed by atoms with E-state index in [1.54, 1.807) is 6.08 Å². The summed E-state index contributed by atoms with van der Waals surface area (Å²) < 4.78 is 11.1. The first-order chi connectivity index (χ1) is 14.6. The zero-order chi connectivity index (χ0) is 23.0. The van der Waals surface area contributed by atoms with E-state index in [0.717, 1.165) is 17.6 Å². The molecule has 3 rings (SSSR count). The Hall–Kier alpha value is -2.31. The van der Waals surface area contributed by atoms with E-state index in [2.05, 4.69) is 6.92 Å². The number of carbonyl (C=O) groups excluding carboxylic acids is 1. The molecule has 0 heterocycles. The molecular weight excluding hydrogens is 396 g/mol. The number of aromatic hydroxyl groups is 1. The van der Waals surface area contributed by atoms with E-state index in [9.17, 15) is 20.1 Å². The highest BCUT2D eigenvalue weighted by Crippen LogP contribution is 2.58. The van der Waals surface area contributed by atoms with Crippen molar-refractivity contribution in [3.05, 3.63) is 47.1 Å². The second-order valence-electron chi connectivity index (χ2n) is 9.47. The summed E-state index contributed by atoms with van der Waals surface area (Å²) in [4.78, 5) is 13.1. The van der Waals surface area contributed by atoms with Crippen molar-refractivity contribution in [2.75, 3.05) is 13.7 Å². The van der Waals surface area contributed by atoms with E-state index in [1.165, 1.54) is 25.3 Å². The molecule has 170 valence electrons. The average Bonchev–Trinajstić information content (AvgIpc) is 2.93. The topological polar surface area (TPSA) is 96.2 Å². The van der Waals surface area contributed by atoms with E-state index in [4.69, 9.17) is 9.47 Å². The van der Waals surface area contributed by atoms with Crippen molar-refractivity contribution >= 4 is 5.97 Å². The van der Waals surface area contributed by atoms with Crippen molar-refractivity contribution in [3.8, 4) is 11.5 Å². The van der Waals surface area contributed by atoms with Gasteiger partial charge in [-0.3, -0.25) is 0 Å². The lowest BCUT2D eigenvalue weighted by Gasteiger charge is -2.43. The Labute approximate surface area is 184 Å². The van der Waals surface area contributed by atoms with Gasteiger partial charge < -0.3 is 24.8 Å². The van der Waals surface area contributed by atoms with Crippen LogP contribution in [-0.2, 0) is 4.74 Å². The van der Waals surface area contributed by atoms with Gasteiger partial charge in [0.05, 0.1) is 24.9 Å². The number of benzene rings is 1. The minimum Gasteiger partial charge on any atom is -0.504 e. The molecule has 4 atom stereocenters. The van der Waals surface area contributed by atoms with Gasteiger partial charge >= 0.3 is 5.97 Å². The number of fused-ring (bicyclic) bond motifs is 1. The quantitative estimate of drug-likeness (QED) is 0.611. The second-order valence-corrected chi connectivity index (χ2v) is 9.47. The number of aliphatic hydroxyl groups is 2. The number of rotatable bonds is 5. The van der Waals surface area contributed by atoms with Crippen LogP contribution in [0.2, 0.25) is 0 Å². The van der Waals surface area contributed by atoms with Crippen LogP contribution in [0.1, 0.15) is 57.3 Å². The molecule has 0 aliphatic heterocycles. The molecule has 2 aliphatic carbocycles. The van der Waals surface area contributed by atoms with Crippen LogP contribution in [0.5, 0.6) is 11.5 Å². The molecule has 0 aromatic heterocycles. The van der Waals surface area contributed by atoms with Crippen LogP contribution < -0.4 is 4.74 Å². The summed E-state index contributed by atoms with van der Waals surface area (Å²) in [7, 11) is 1.42. The smallest absolute Gasteiger partial charge is 0.338 e. The number of hydrogen-bond donors (Lipinski definition) is 3. The maximum atomic E-state index is 13.1. The van der Waals surface area contributed by atoms with Gasteiger partial charge in [0.1, 0.15) is 6.10 Å². The van der Waals surface area contributed by atoms with Crippen molar-refractivity contribution in [1.82, 2.24) is 0 Å². The van der Waals surface area contributed by atoms with Crippen LogP contribution in [-0.4, -0.2) is 46.7 Å². The number of carbonyl (C=O) groups is 1. The number of ether oxygens (including phenoxy) is 2. The van der Waals surface area contributed by atoms with Gasteiger partial charge in [-0.1, -0.05) is 26.8 Å². The van der Waals surface area contributed by atoms with Gasteiger partial charge in [0.2, 0.25) is 0 Å². The highest BCUT2D eigenvalue weighted by atomic mass is 16.5. The molecule has 1 aromatic rings. The molecule has 0 saturated heterocycles. The third kappa shape index (κ3) is 4.23. The molecule has 1 fully saturated rings. The molecule has 0 radical (unpaired) electrons. The average molecular weight is 431 g/mol. The number of phenolic OH excluding ortho intramolecular Hbond substituents is 1. The van der Waals surface area contributed by atoms with Crippen LogP contribution in [0.25, 0.3) is 0 Å². The van der Waals surface area contributed by atoms with Gasteiger partial charge in [0.15, 0.2) is 11.5 Å². The standard InChI is InChI=1S/C25H34O6/c1-15(2)25(29)10-9-24(4)14-18(8-11-26)16(3)12-21(22(24)25)31-23(28)17-6-7-19(27)20(13-17)30-5/h6-8,12-13,15,21-22,26-27,29H,9-11,14H2,1-5H3/b18-8-/t21-,22?,24+,25+/m0/s1. The molecule has 1 aromatic carbocycles. The Morgan fingerprint density at radius 2 is 2.03 bits per heavy atom. The predicted octanol–water partition coefficient (Wildman–Crippen LogP) is 4.00. The molecule has 1 unspecified atom stereocenters. The third-order valence-electron chi connectivity index (χ3n) is 7.23. The fourth-order valence-corrected chi connectivity index (χ4v) is 5.39. The van der Waals surface area contributed by atoms with Crippen molar-refractivity contribution in [2.45, 2.75) is 58.7 Å². The van der Waals surface area contributed by atoms with E-state index in [-0.39, 0.29) is 40.9 Å². The summed E-state index contributed by atoms with van der Waals surface area (Å²) in [5, 5.41) is 31.0. The van der Waals surface area contributed by atoms with Gasteiger partial charge in [-0.15, -0.1) is 0 Å². The molecule has 3 N–H and O–H groups in total. The number of methoxy groups -OCH3 is 1. The minimum atomic E-state index is -0.974. The summed E-state index contributed by atoms with van der Waals surface area (Å²) >= 11 is 0. The first-order valence-electron chi connectivity index (χ1n) is 10.8. The lowest BCUT2D eigenvalue weighted by molar-refractivity contribution is -0.101. The van der Waals surface area contributed by atoms with Crippen molar-refractivity contribution in [1.29, 1.82) is 0 Å². The summed E-state index contributed by atoms with van der Waals surface area (Å²) in [6.45, 7) is 8.03. The summed E-state index contributed by atoms with van der Waals surface area (Å²) in [6, 6.07) is 4.34. The van der Waals surface area contributed by atoms with Gasteiger partial charge in [-0.25, -0.2) is 4.79 Å². The van der Waals surface area contributed by atoms with E-state index in [1.807, 2.05) is 26.8 Å². The summed E-state index contributed by atoms with van der Waals surface area (Å²) in [5.41, 5.74) is 0.970. The van der Waals surface area contributed by atoms with Gasteiger partial charge in [-0.2, -0.15) is 0 Å². The lowest BCUT2D eigenvalue weighted by Crippen LogP contribution is -2.49. The fraction of sp³-hybridized carbons (Fsp3) is 0.560. The maximum Gasteiger partial charge on any atom is 0.338 e. The van der Waals surface area contributed by atoms with Crippen molar-refractivity contribution < 1.29 is 29.6 Å². The lowest BCUT2D eigenvalue weighted by atomic mass is 9.67. The first-order valence-corrected chi connectivity index (χ1v) is 10.8. The number of esters is 1. The Morgan fingerprint density at radius 3 is 2.65 bits per heavy atom. The second kappa shape index (κ2) is 8.67. The predicted molar refractivity (Wildman–Crippen MR) is 118 cm³/mol. The Bertz CT molecular complexity index is 901. The van der Waals surface area contributed by atoms with Gasteiger partial charge in [0.25, 0.3) is 0 Å². The van der Waals surface area contributed by atoms with Crippen LogP contribution >= 0.6 is 0 Å². The maximum absolute atomic E-state index is 13.1. The zero-order valence-corrected chi connectivity index (χ0v) is 19.0. The molecule has 0 bridgehead atoms. The SMILES string of the molecule is COc1cc(C(=O)O[C@H]2C=C(C)/C(=C\CO)C[C@@]3(C)CC[C@@](O)(C(C)C)C23)ccc1O. The highest BCUT2D eigenvalue weighted by Gasteiger charge is 2.59. The molecular formula is C25H34O6. The highest BCUT2D eigenvalue weighted by molar-refractivity contribution is 5.90. The number of phenols is 1. The van der Waals surface area contributed by atoms with Crippen LogP contribution in [0.15, 0.2) is 41.5 Å². The molecule has 31 heavy (non-hydrogen) atoms. The molecule has 2 aliphatic rings. The first kappa shape index (κ1) is 23.4. The minimum absolute atomic E-state index is 0.00799. The fourth-order valence-electron chi connectivity index (χ4n) is 5.39. The van der Waals surface area contributed by atoms with E-state index >= 15 is 0 Å². The number of hydrogen-bond acceptors (Lipinski definition) is 6. The third-order valence-corrected chi connectivity index (χ3v) is 7.23. The monoisotopic (exact) mass is 430 g/mol. The van der Waals surface area contributed by atoms with Crippen molar-refractivity contribution in [3.63, 3.8) is 0 Å². The Morgan fingerprint density at radius 1 is 1.32 bits per heavy atom. The molecule has 6 heteroatoms. The summed E-state index contributed by atoms with van der Waals surface area (Å²) in [5.74, 6) is -0.698. The van der Waals surface area contributed by atoms with Gasteiger partial charge in [0, 0.05) is 5.92 Å². The molecule has 0 spiro atoms. The Kier molecular flexibility index (Phi) is 6.53. The molecule has 6 nitrogen and oxygen atoms in total. The van der Waals surface area contributed by atoms with E-state index < -0.39 is 17.7 Å². The zero-order valence-electron chi connectivity index (χ0n) is 19.0. The largest absolute Gasteiger partial charge is 0.504 e. The van der Waals surface area contributed by atoms with Crippen LogP contribution in [0, 0.1) is 17.3 Å². The summed E-state index contributed by atoms with van der Waals surface area (Å²) in [6.07, 6.45) is 5.22. The van der Waals surface area contributed by atoms with Crippen molar-refractivity contribution in [2.24, 2.45) is 17.3 Å². The normalized spacial score (nSPS) is 31.9. The molecule has 0 amide bonds. The van der Waals surface area contributed by atoms with Crippen LogP contribution in [0.3, 0.4) is 0 Å². The molecule has 1 saturated carbocycles. The van der Waals surface area contributed by atoms with E-state index in [0.29, 0.717) is 12.8 Å².